The number of carbonyl (C=O) groups excluding carboxylic acids is 1. The molecule has 0 saturated carbocycles. The number of para-hydroxylation sites is 1. The summed E-state index contributed by atoms with van der Waals surface area (Å²) in [5, 5.41) is 1.05. The van der Waals surface area contributed by atoms with Crippen LogP contribution in [-0.2, 0) is 22.5 Å². The number of aromatic nitrogens is 1. The highest BCUT2D eigenvalue weighted by Gasteiger charge is 2.17. The third-order valence-corrected chi connectivity index (χ3v) is 4.08. The molecule has 0 bridgehead atoms. The topological polar surface area (TPSA) is 57.2 Å². The predicted molar refractivity (Wildman–Crippen MR) is 91.1 cm³/mol. The Morgan fingerprint density at radius 3 is 2.62 bits per heavy atom. The summed E-state index contributed by atoms with van der Waals surface area (Å²) in [5.41, 5.74) is 8.95. The molecule has 0 fully saturated rings. The van der Waals surface area contributed by atoms with Crippen molar-refractivity contribution in [2.75, 3.05) is 7.11 Å². The summed E-state index contributed by atoms with van der Waals surface area (Å²) in [5.74, 6) is -0.675. The molecule has 3 aromatic rings. The average molecular weight is 326 g/mol. The van der Waals surface area contributed by atoms with Crippen molar-refractivity contribution in [1.82, 2.24) is 4.57 Å². The number of benzene rings is 2. The fourth-order valence-electron chi connectivity index (χ4n) is 2.87. The maximum Gasteiger partial charge on any atom is 0.322 e. The molecule has 1 heterocycles. The molecule has 1 unspecified atom stereocenters. The van der Waals surface area contributed by atoms with Crippen molar-refractivity contribution in [1.29, 1.82) is 0 Å². The van der Waals surface area contributed by atoms with Crippen molar-refractivity contribution < 1.29 is 13.9 Å². The molecule has 0 aliphatic carbocycles. The van der Waals surface area contributed by atoms with Crippen molar-refractivity contribution in [2.24, 2.45) is 5.73 Å². The largest absolute Gasteiger partial charge is 0.468 e. The lowest BCUT2D eigenvalue weighted by Crippen LogP contribution is -2.33. The zero-order valence-electron chi connectivity index (χ0n) is 13.4. The lowest BCUT2D eigenvalue weighted by Gasteiger charge is -2.08. The highest BCUT2D eigenvalue weighted by atomic mass is 19.1. The molecule has 24 heavy (non-hydrogen) atoms. The van der Waals surface area contributed by atoms with Crippen LogP contribution in [-0.4, -0.2) is 23.7 Å². The molecule has 1 aromatic heterocycles. The van der Waals surface area contributed by atoms with Crippen LogP contribution in [0.1, 0.15) is 11.1 Å². The maximum atomic E-state index is 13.1. The molecular formula is C19H19FN2O2. The van der Waals surface area contributed by atoms with Crippen molar-refractivity contribution >= 4 is 16.9 Å². The molecule has 0 radical (unpaired) electrons. The molecule has 2 N–H and O–H groups in total. The van der Waals surface area contributed by atoms with Gasteiger partial charge in [0.2, 0.25) is 0 Å². The molecule has 0 aliphatic rings. The van der Waals surface area contributed by atoms with Gasteiger partial charge >= 0.3 is 5.97 Å². The van der Waals surface area contributed by atoms with Crippen LogP contribution < -0.4 is 5.73 Å². The van der Waals surface area contributed by atoms with E-state index in [1.165, 1.54) is 19.2 Å². The Hall–Kier alpha value is -2.66. The number of halogens is 1. The number of hydrogen-bond donors (Lipinski definition) is 1. The monoisotopic (exact) mass is 326 g/mol. The molecule has 0 spiro atoms. The van der Waals surface area contributed by atoms with Gasteiger partial charge < -0.3 is 15.0 Å². The summed E-state index contributed by atoms with van der Waals surface area (Å²) in [6.45, 7) is 0.619. The molecule has 124 valence electrons. The molecule has 0 saturated heterocycles. The van der Waals surface area contributed by atoms with Crippen molar-refractivity contribution in [3.05, 3.63) is 71.7 Å². The fourth-order valence-corrected chi connectivity index (χ4v) is 2.87. The first-order valence-corrected chi connectivity index (χ1v) is 7.73. The van der Waals surface area contributed by atoms with E-state index in [0.717, 1.165) is 22.0 Å². The SMILES string of the molecule is COC(=O)C(N)Cc1cn(Cc2ccc(F)cc2)c2ccccc12. The third-order valence-electron chi connectivity index (χ3n) is 4.08. The van der Waals surface area contributed by atoms with E-state index in [4.69, 9.17) is 10.5 Å². The quantitative estimate of drug-likeness (QED) is 0.734. The first kappa shape index (κ1) is 16.2. The van der Waals surface area contributed by atoms with Gasteiger partial charge in [0.25, 0.3) is 0 Å². The number of hydrogen-bond acceptors (Lipinski definition) is 3. The van der Waals surface area contributed by atoms with Crippen molar-refractivity contribution in [3.8, 4) is 0 Å². The molecular weight excluding hydrogens is 307 g/mol. The van der Waals surface area contributed by atoms with E-state index in [-0.39, 0.29) is 5.82 Å². The van der Waals surface area contributed by atoms with E-state index in [1.807, 2.05) is 30.5 Å². The number of nitrogens with two attached hydrogens (primary N) is 1. The van der Waals surface area contributed by atoms with E-state index < -0.39 is 12.0 Å². The highest BCUT2D eigenvalue weighted by molar-refractivity contribution is 5.85. The van der Waals surface area contributed by atoms with Gasteiger partial charge in [0.1, 0.15) is 11.9 Å². The van der Waals surface area contributed by atoms with Crippen LogP contribution in [0.25, 0.3) is 10.9 Å². The van der Waals surface area contributed by atoms with Crippen LogP contribution in [0, 0.1) is 5.82 Å². The first-order valence-electron chi connectivity index (χ1n) is 7.73. The van der Waals surface area contributed by atoms with Gasteiger partial charge in [0.15, 0.2) is 0 Å². The van der Waals surface area contributed by atoms with Gasteiger partial charge in [0.05, 0.1) is 7.11 Å². The summed E-state index contributed by atoms with van der Waals surface area (Å²) >= 11 is 0. The van der Waals surface area contributed by atoms with Crippen molar-refractivity contribution in [3.63, 3.8) is 0 Å². The minimum absolute atomic E-state index is 0.249. The number of esters is 1. The highest BCUT2D eigenvalue weighted by Crippen LogP contribution is 2.23. The Balaban J connectivity index is 1.94. The predicted octanol–water partition coefficient (Wildman–Crippen LogP) is 2.87. The van der Waals surface area contributed by atoms with Gasteiger partial charge in [-0.2, -0.15) is 0 Å². The van der Waals surface area contributed by atoms with E-state index in [1.54, 1.807) is 12.1 Å². The normalized spacial score (nSPS) is 12.3. The first-order chi connectivity index (χ1) is 11.6. The van der Waals surface area contributed by atoms with Gasteiger partial charge in [-0.25, -0.2) is 4.39 Å². The number of methoxy groups -OCH3 is 1. The van der Waals surface area contributed by atoms with Crippen LogP contribution in [0.15, 0.2) is 54.7 Å². The Bertz CT molecular complexity index is 855. The Kier molecular flexibility index (Phi) is 4.62. The lowest BCUT2D eigenvalue weighted by atomic mass is 10.1. The molecule has 3 rings (SSSR count). The van der Waals surface area contributed by atoms with Crippen LogP contribution in [0.5, 0.6) is 0 Å². The zero-order chi connectivity index (χ0) is 17.1. The molecule has 0 amide bonds. The lowest BCUT2D eigenvalue weighted by molar-refractivity contribution is -0.142. The van der Waals surface area contributed by atoms with E-state index in [0.29, 0.717) is 13.0 Å². The zero-order valence-corrected chi connectivity index (χ0v) is 13.4. The number of nitrogens with zero attached hydrogens (tertiary/aromatic N) is 1. The Morgan fingerprint density at radius 1 is 1.21 bits per heavy atom. The Labute approximate surface area is 139 Å². The van der Waals surface area contributed by atoms with Gasteiger partial charge in [-0.3, -0.25) is 4.79 Å². The van der Waals surface area contributed by atoms with Gasteiger partial charge in [-0.15, -0.1) is 0 Å². The smallest absolute Gasteiger partial charge is 0.322 e. The summed E-state index contributed by atoms with van der Waals surface area (Å²) in [6, 6.07) is 13.7. The second-order valence-corrected chi connectivity index (χ2v) is 5.76. The second-order valence-electron chi connectivity index (χ2n) is 5.76. The number of rotatable bonds is 5. The van der Waals surface area contributed by atoms with Crippen LogP contribution in [0.4, 0.5) is 4.39 Å². The molecule has 5 heteroatoms. The van der Waals surface area contributed by atoms with E-state index in [9.17, 15) is 9.18 Å². The fraction of sp³-hybridized carbons (Fsp3) is 0.211. The number of ether oxygens (including phenoxy) is 1. The van der Waals surface area contributed by atoms with E-state index in [2.05, 4.69) is 4.57 Å². The standard InChI is InChI=1S/C19H19FN2O2/c1-24-19(23)17(21)10-14-12-22(18-5-3-2-4-16(14)18)11-13-6-8-15(20)9-7-13/h2-9,12,17H,10-11,21H2,1H3. The average Bonchev–Trinajstić information content (AvgIpc) is 2.94. The number of carbonyl (C=O) groups is 1. The van der Waals surface area contributed by atoms with Crippen LogP contribution in [0.3, 0.4) is 0 Å². The second kappa shape index (κ2) is 6.84. The van der Waals surface area contributed by atoms with E-state index >= 15 is 0 Å². The van der Waals surface area contributed by atoms with Crippen LogP contribution >= 0.6 is 0 Å². The molecule has 4 nitrogen and oxygen atoms in total. The molecule has 1 atom stereocenters. The summed E-state index contributed by atoms with van der Waals surface area (Å²) in [6.07, 6.45) is 2.40. The van der Waals surface area contributed by atoms with Gasteiger partial charge in [-0.1, -0.05) is 30.3 Å². The molecule has 0 aliphatic heterocycles. The third kappa shape index (κ3) is 3.31. The minimum Gasteiger partial charge on any atom is -0.468 e. The minimum atomic E-state index is -0.694. The maximum absolute atomic E-state index is 13.1. The van der Waals surface area contributed by atoms with Gasteiger partial charge in [0, 0.05) is 30.1 Å². The van der Waals surface area contributed by atoms with Gasteiger partial charge in [-0.05, 0) is 29.3 Å². The summed E-state index contributed by atoms with van der Waals surface area (Å²) in [4.78, 5) is 11.6. The van der Waals surface area contributed by atoms with Crippen LogP contribution in [0.2, 0.25) is 0 Å². The summed E-state index contributed by atoms with van der Waals surface area (Å²) < 4.78 is 19.9. The Morgan fingerprint density at radius 2 is 1.92 bits per heavy atom. The molecule has 2 aromatic carbocycles. The summed E-state index contributed by atoms with van der Waals surface area (Å²) in [7, 11) is 1.33. The van der Waals surface area contributed by atoms with Crippen molar-refractivity contribution in [2.45, 2.75) is 19.0 Å². The number of fused-ring (bicyclic) bond motifs is 1.